The van der Waals surface area contributed by atoms with Gasteiger partial charge in [0.15, 0.2) is 0 Å². The van der Waals surface area contributed by atoms with Gasteiger partial charge in [0, 0.05) is 93.0 Å². The van der Waals surface area contributed by atoms with Crippen LogP contribution in [0.3, 0.4) is 0 Å². The first-order valence-corrected chi connectivity index (χ1v) is 20.7. The summed E-state index contributed by atoms with van der Waals surface area (Å²) in [6.45, 7) is 12.4. The van der Waals surface area contributed by atoms with Gasteiger partial charge in [-0.3, -0.25) is 0 Å². The van der Waals surface area contributed by atoms with Gasteiger partial charge in [0.25, 0.3) is 0 Å². The summed E-state index contributed by atoms with van der Waals surface area (Å²) in [6, 6.07) is 31.0. The maximum atomic E-state index is 12.2. The Morgan fingerprint density at radius 1 is 0.679 bits per heavy atom. The molecule has 0 saturated heterocycles. The van der Waals surface area contributed by atoms with Crippen LogP contribution in [-0.4, -0.2) is 69.9 Å². The Kier molecular flexibility index (Phi) is 14.2. The number of hydrogen-bond acceptors (Lipinski definition) is 6. The molecule has 0 fully saturated rings. The topological polar surface area (TPSA) is 79.8 Å². The van der Waals surface area contributed by atoms with E-state index in [-0.39, 0.29) is 12.2 Å². The average Bonchev–Trinajstić information content (AvgIpc) is 3.69. The van der Waals surface area contributed by atoms with E-state index in [1.54, 1.807) is 47.4 Å². The van der Waals surface area contributed by atoms with Crippen LogP contribution in [0.25, 0.3) is 21.8 Å². The molecule has 0 bridgehead atoms. The summed E-state index contributed by atoms with van der Waals surface area (Å²) in [5.74, 6) is 0. The van der Waals surface area contributed by atoms with Crippen molar-refractivity contribution < 1.29 is 19.1 Å². The molecule has 296 valence electrons. The van der Waals surface area contributed by atoms with Gasteiger partial charge < -0.3 is 28.8 Å². The van der Waals surface area contributed by atoms with Crippen molar-refractivity contribution in [2.75, 3.05) is 27.2 Å². The number of aromatic nitrogens is 2. The highest BCUT2D eigenvalue weighted by Gasteiger charge is 2.21. The molecule has 0 unspecified atom stereocenters. The van der Waals surface area contributed by atoms with E-state index >= 15 is 0 Å². The Bertz CT molecular complexity index is 2270. The number of hydrogen-bond donors (Lipinski definition) is 1. The van der Waals surface area contributed by atoms with Crippen molar-refractivity contribution in [1.82, 2.24) is 19.4 Å². The van der Waals surface area contributed by atoms with Gasteiger partial charge in [-0.2, -0.15) is 0 Å². The third-order valence-electron chi connectivity index (χ3n) is 8.69. The first kappa shape index (κ1) is 42.6. The van der Waals surface area contributed by atoms with E-state index in [0.29, 0.717) is 24.5 Å². The number of carbonyl (C=O) groups excluding carboxylic acids is 2. The number of ether oxygens (including phenoxy) is 2. The number of H-pyrrole nitrogens is 1. The van der Waals surface area contributed by atoms with Crippen molar-refractivity contribution in [2.45, 2.75) is 85.2 Å². The molecule has 6 aromatic rings. The van der Waals surface area contributed by atoms with E-state index in [9.17, 15) is 9.59 Å². The predicted molar refractivity (Wildman–Crippen MR) is 232 cm³/mol. The highest BCUT2D eigenvalue weighted by molar-refractivity contribution is 8.00. The first-order chi connectivity index (χ1) is 26.5. The van der Waals surface area contributed by atoms with Crippen molar-refractivity contribution in [3.05, 3.63) is 120 Å². The van der Waals surface area contributed by atoms with Crippen molar-refractivity contribution >= 4 is 69.1 Å². The van der Waals surface area contributed by atoms with Gasteiger partial charge in [0.1, 0.15) is 11.2 Å². The van der Waals surface area contributed by atoms with Crippen LogP contribution in [0.4, 0.5) is 9.59 Å². The second-order valence-electron chi connectivity index (χ2n) is 15.7. The maximum Gasteiger partial charge on any atom is 0.410 e. The minimum Gasteiger partial charge on any atom is -0.444 e. The Morgan fingerprint density at radius 2 is 1.21 bits per heavy atom. The van der Waals surface area contributed by atoms with Gasteiger partial charge in [-0.15, -0.1) is 0 Å². The van der Waals surface area contributed by atoms with Gasteiger partial charge in [-0.25, -0.2) is 9.59 Å². The molecule has 0 aliphatic rings. The summed E-state index contributed by atoms with van der Waals surface area (Å²) < 4.78 is 13.0. The molecule has 56 heavy (non-hydrogen) atoms. The monoisotopic (exact) mass is 812 g/mol. The fourth-order valence-electron chi connectivity index (χ4n) is 5.84. The zero-order chi connectivity index (χ0) is 40.6. The van der Waals surface area contributed by atoms with E-state index < -0.39 is 11.2 Å². The molecule has 0 atom stereocenters. The number of halogens is 1. The number of carbonyl (C=O) groups is 2. The number of aromatic amines is 1. The molecule has 2 heterocycles. The fourth-order valence-corrected chi connectivity index (χ4v) is 8.29. The standard InChI is InChI=1S/C23H28N2O2S.C22H25ClN2O2S/c1-23(2,3)27-22(26)24(4)15-14-17-10-6-9-13-20(17)28-21-16-25(5)19-12-8-7-11-18(19)21;1-22(2,3)27-21(26)25(4)12-11-15-13-16(23)9-10-19(15)28-20-14-24-18-8-6-5-7-17(18)20/h6-13,16H,14-15H2,1-5H3;5-10,13-14,24H,11-12H2,1-4H3. The number of nitrogens with one attached hydrogen (secondary N) is 1. The minimum absolute atomic E-state index is 0.285. The van der Waals surface area contributed by atoms with E-state index in [0.717, 1.165) is 22.4 Å². The lowest BCUT2D eigenvalue weighted by Gasteiger charge is -2.24. The van der Waals surface area contributed by atoms with Gasteiger partial charge >= 0.3 is 12.2 Å². The number of aryl methyl sites for hydroxylation is 1. The van der Waals surface area contributed by atoms with E-state index in [1.165, 1.54) is 36.5 Å². The Morgan fingerprint density at radius 3 is 1.88 bits per heavy atom. The van der Waals surface area contributed by atoms with Gasteiger partial charge in [0.2, 0.25) is 0 Å². The van der Waals surface area contributed by atoms with Crippen LogP contribution in [0.5, 0.6) is 0 Å². The van der Waals surface area contributed by atoms with Crippen LogP contribution >= 0.6 is 35.1 Å². The van der Waals surface area contributed by atoms with Crippen molar-refractivity contribution in [3.8, 4) is 0 Å². The van der Waals surface area contributed by atoms with E-state index in [2.05, 4.69) is 83.5 Å². The van der Waals surface area contributed by atoms with Crippen LogP contribution < -0.4 is 0 Å². The summed E-state index contributed by atoms with van der Waals surface area (Å²) in [5, 5.41) is 3.15. The lowest BCUT2D eigenvalue weighted by molar-refractivity contribution is 0.0290. The average molecular weight is 814 g/mol. The number of fused-ring (bicyclic) bond motifs is 2. The quantitative estimate of drug-likeness (QED) is 0.148. The fraction of sp³-hybridized carbons (Fsp3) is 0.333. The van der Waals surface area contributed by atoms with Crippen molar-refractivity contribution in [1.29, 1.82) is 0 Å². The molecule has 8 nitrogen and oxygen atoms in total. The molecule has 0 aliphatic heterocycles. The number of para-hydroxylation sites is 2. The molecule has 0 saturated carbocycles. The molecule has 1 N–H and O–H groups in total. The predicted octanol–water partition coefficient (Wildman–Crippen LogP) is 12.1. The molecule has 0 radical (unpaired) electrons. The SMILES string of the molecule is CN(CCc1cc(Cl)ccc1Sc1c[nH]c2ccccc12)C(=O)OC(C)(C)C.CN(CCc1ccccc1Sc1cn(C)c2ccccc12)C(=O)OC(C)(C)C. The van der Waals surface area contributed by atoms with Crippen LogP contribution in [0.1, 0.15) is 52.7 Å². The van der Waals surface area contributed by atoms with Gasteiger partial charge in [0.05, 0.1) is 0 Å². The number of amides is 2. The molecular formula is C45H53ClN4O4S2. The summed E-state index contributed by atoms with van der Waals surface area (Å²) in [5.41, 5.74) is 3.71. The molecule has 2 amide bonds. The van der Waals surface area contributed by atoms with Crippen LogP contribution in [-0.2, 0) is 29.4 Å². The molecular weight excluding hydrogens is 760 g/mol. The Hall–Kier alpha value is -4.51. The van der Waals surface area contributed by atoms with Crippen molar-refractivity contribution in [2.24, 2.45) is 7.05 Å². The lowest BCUT2D eigenvalue weighted by atomic mass is 10.1. The molecule has 4 aromatic carbocycles. The first-order valence-electron chi connectivity index (χ1n) is 18.7. The lowest BCUT2D eigenvalue weighted by Crippen LogP contribution is -2.35. The van der Waals surface area contributed by atoms with Gasteiger partial charge in [-0.05, 0) is 102 Å². The second kappa shape index (κ2) is 18.6. The summed E-state index contributed by atoms with van der Waals surface area (Å²) >= 11 is 9.72. The van der Waals surface area contributed by atoms with E-state index in [1.807, 2.05) is 78.1 Å². The summed E-state index contributed by atoms with van der Waals surface area (Å²) in [7, 11) is 5.62. The highest BCUT2D eigenvalue weighted by Crippen LogP contribution is 2.38. The highest BCUT2D eigenvalue weighted by atomic mass is 35.5. The summed E-state index contributed by atoms with van der Waals surface area (Å²) in [6.07, 6.45) is 5.08. The number of benzene rings is 4. The zero-order valence-electron chi connectivity index (χ0n) is 33.8. The number of rotatable bonds is 10. The normalized spacial score (nSPS) is 11.6. The largest absolute Gasteiger partial charge is 0.444 e. The Labute approximate surface area is 344 Å². The van der Waals surface area contributed by atoms with Crippen LogP contribution in [0.2, 0.25) is 5.02 Å². The van der Waals surface area contributed by atoms with E-state index in [4.69, 9.17) is 21.1 Å². The molecule has 0 aliphatic carbocycles. The third kappa shape index (κ3) is 12.0. The van der Waals surface area contributed by atoms with Gasteiger partial charge in [-0.1, -0.05) is 89.7 Å². The maximum absolute atomic E-state index is 12.2. The van der Waals surface area contributed by atoms with Crippen molar-refractivity contribution in [3.63, 3.8) is 0 Å². The zero-order valence-corrected chi connectivity index (χ0v) is 36.2. The summed E-state index contributed by atoms with van der Waals surface area (Å²) in [4.78, 5) is 35.7. The van der Waals surface area contributed by atoms with Crippen LogP contribution in [0, 0.1) is 0 Å². The molecule has 2 aromatic heterocycles. The minimum atomic E-state index is -0.502. The third-order valence-corrected chi connectivity index (χ3v) is 11.3. The molecule has 11 heteroatoms. The van der Waals surface area contributed by atoms with Crippen LogP contribution in [0.15, 0.2) is 123 Å². The number of likely N-dealkylation sites (N-methyl/N-ethyl adjacent to an activating group) is 2. The molecule has 0 spiro atoms. The smallest absolute Gasteiger partial charge is 0.410 e. The number of nitrogens with zero attached hydrogens (tertiary/aromatic N) is 3. The Balaban J connectivity index is 0.000000214. The molecule has 6 rings (SSSR count). The second-order valence-corrected chi connectivity index (χ2v) is 18.3.